The van der Waals surface area contributed by atoms with Crippen molar-refractivity contribution in [3.05, 3.63) is 29.8 Å². The molecule has 1 aliphatic rings. The molecule has 6 heteroatoms. The molecule has 0 unspecified atom stereocenters. The zero-order valence-corrected chi connectivity index (χ0v) is 13.0. The van der Waals surface area contributed by atoms with Gasteiger partial charge in [0.15, 0.2) is 0 Å². The van der Waals surface area contributed by atoms with Gasteiger partial charge in [-0.05, 0) is 43.7 Å². The number of piperidine rings is 1. The average Bonchev–Trinajstić information content (AvgIpc) is 2.54. The Bertz CT molecular complexity index is 485. The topological polar surface area (TPSA) is 32.8 Å². The molecule has 1 aromatic rings. The number of nitrogens with zero attached hydrogens (tertiary/aromatic N) is 2. The van der Waals surface area contributed by atoms with Crippen LogP contribution in [-0.4, -0.2) is 55.0 Å². The van der Waals surface area contributed by atoms with E-state index in [1.165, 1.54) is 24.3 Å². The summed E-state index contributed by atoms with van der Waals surface area (Å²) in [4.78, 5) is 16.6. The minimum Gasteiger partial charge on any atom is -0.435 e. The molecular formula is C16H22F2N2O2. The number of ether oxygens (including phenoxy) is 1. The second-order valence-electron chi connectivity index (χ2n) is 5.48. The first-order chi connectivity index (χ1) is 10.5. The van der Waals surface area contributed by atoms with Gasteiger partial charge in [0.25, 0.3) is 5.91 Å². The van der Waals surface area contributed by atoms with Gasteiger partial charge >= 0.3 is 6.61 Å². The van der Waals surface area contributed by atoms with Crippen molar-refractivity contribution in [2.24, 2.45) is 0 Å². The Hall–Kier alpha value is -1.69. The monoisotopic (exact) mass is 312 g/mol. The average molecular weight is 312 g/mol. The number of hydrogen-bond donors (Lipinski definition) is 0. The van der Waals surface area contributed by atoms with Crippen LogP contribution in [0.2, 0.25) is 0 Å². The summed E-state index contributed by atoms with van der Waals surface area (Å²) in [7, 11) is 1.80. The van der Waals surface area contributed by atoms with Crippen LogP contribution in [0.25, 0.3) is 0 Å². The molecule has 1 aliphatic heterocycles. The minimum absolute atomic E-state index is 0.0606. The van der Waals surface area contributed by atoms with Crippen LogP contribution in [0.5, 0.6) is 5.75 Å². The van der Waals surface area contributed by atoms with Crippen LogP contribution < -0.4 is 4.74 Å². The summed E-state index contributed by atoms with van der Waals surface area (Å²) in [6.45, 7) is 2.32. The lowest BCUT2D eigenvalue weighted by Crippen LogP contribution is -2.45. The van der Waals surface area contributed by atoms with E-state index in [1.54, 1.807) is 11.9 Å². The molecule has 0 aliphatic carbocycles. The van der Waals surface area contributed by atoms with E-state index in [2.05, 4.69) is 16.6 Å². The highest BCUT2D eigenvalue weighted by Gasteiger charge is 2.25. The molecule has 1 heterocycles. The summed E-state index contributed by atoms with van der Waals surface area (Å²) >= 11 is 0. The number of halogens is 2. The third kappa shape index (κ3) is 4.16. The molecule has 4 nitrogen and oxygen atoms in total. The lowest BCUT2D eigenvalue weighted by molar-refractivity contribution is -0.0498. The Morgan fingerprint density at radius 3 is 2.41 bits per heavy atom. The SMILES string of the molecule is CCN1CCC(N(C)C(=O)c2ccc(OC(F)F)cc2)CC1. The lowest BCUT2D eigenvalue weighted by atomic mass is 10.0. The zero-order chi connectivity index (χ0) is 16.1. The molecule has 1 fully saturated rings. The van der Waals surface area contributed by atoms with Gasteiger partial charge in [-0.2, -0.15) is 8.78 Å². The molecule has 1 saturated heterocycles. The normalized spacial score (nSPS) is 16.8. The Labute approximate surface area is 129 Å². The number of benzene rings is 1. The number of hydrogen-bond acceptors (Lipinski definition) is 3. The van der Waals surface area contributed by atoms with Crippen molar-refractivity contribution in [2.75, 3.05) is 26.7 Å². The number of carbonyl (C=O) groups is 1. The van der Waals surface area contributed by atoms with Crippen molar-refractivity contribution in [1.29, 1.82) is 0 Å². The Morgan fingerprint density at radius 1 is 1.32 bits per heavy atom. The van der Waals surface area contributed by atoms with Gasteiger partial charge in [-0.25, -0.2) is 0 Å². The van der Waals surface area contributed by atoms with Gasteiger partial charge in [0.05, 0.1) is 0 Å². The first kappa shape index (κ1) is 16.7. The number of carbonyl (C=O) groups excluding carboxylic acids is 1. The first-order valence-corrected chi connectivity index (χ1v) is 7.55. The molecule has 1 amide bonds. The van der Waals surface area contributed by atoms with E-state index < -0.39 is 6.61 Å². The quantitative estimate of drug-likeness (QED) is 0.838. The molecular weight excluding hydrogens is 290 g/mol. The van der Waals surface area contributed by atoms with Crippen LogP contribution in [0.4, 0.5) is 8.78 Å². The molecule has 0 atom stereocenters. The van der Waals surface area contributed by atoms with Crippen LogP contribution in [0.3, 0.4) is 0 Å². The Balaban J connectivity index is 1.95. The third-order valence-electron chi connectivity index (χ3n) is 4.20. The minimum atomic E-state index is -2.85. The predicted octanol–water partition coefficient (Wildman–Crippen LogP) is 2.84. The van der Waals surface area contributed by atoms with E-state index in [0.29, 0.717) is 5.56 Å². The fourth-order valence-electron chi connectivity index (χ4n) is 2.77. The van der Waals surface area contributed by atoms with Crippen LogP contribution in [0.15, 0.2) is 24.3 Å². The molecule has 0 aromatic heterocycles. The molecule has 2 rings (SSSR count). The molecule has 0 bridgehead atoms. The fourth-order valence-corrected chi connectivity index (χ4v) is 2.77. The van der Waals surface area contributed by atoms with E-state index >= 15 is 0 Å². The highest BCUT2D eigenvalue weighted by atomic mass is 19.3. The number of amides is 1. The van der Waals surface area contributed by atoms with Crippen LogP contribution in [0.1, 0.15) is 30.1 Å². The molecule has 122 valence electrons. The molecule has 0 saturated carbocycles. The summed E-state index contributed by atoms with van der Waals surface area (Å²) < 4.78 is 28.5. The van der Waals surface area contributed by atoms with Crippen molar-refractivity contribution in [1.82, 2.24) is 9.80 Å². The van der Waals surface area contributed by atoms with E-state index in [4.69, 9.17) is 0 Å². The highest BCUT2D eigenvalue weighted by molar-refractivity contribution is 5.94. The predicted molar refractivity (Wildman–Crippen MR) is 80.3 cm³/mol. The molecule has 0 spiro atoms. The van der Waals surface area contributed by atoms with Gasteiger partial charge in [-0.15, -0.1) is 0 Å². The summed E-state index contributed by atoms with van der Waals surface area (Å²) in [6, 6.07) is 6.07. The smallest absolute Gasteiger partial charge is 0.387 e. The maximum absolute atomic E-state index is 12.5. The van der Waals surface area contributed by atoms with Gasteiger partial charge in [-0.1, -0.05) is 6.92 Å². The Morgan fingerprint density at radius 2 is 1.91 bits per heavy atom. The largest absolute Gasteiger partial charge is 0.435 e. The standard InChI is InChI=1S/C16H22F2N2O2/c1-3-20-10-8-13(9-11-20)19(2)15(21)12-4-6-14(7-5-12)22-16(17)18/h4-7,13,16H,3,8-11H2,1-2H3. The highest BCUT2D eigenvalue weighted by Crippen LogP contribution is 2.19. The van der Waals surface area contributed by atoms with Crippen LogP contribution in [0, 0.1) is 0 Å². The van der Waals surface area contributed by atoms with Crippen molar-refractivity contribution >= 4 is 5.91 Å². The second kappa shape index (κ2) is 7.54. The maximum atomic E-state index is 12.5. The van der Waals surface area contributed by atoms with E-state index in [0.717, 1.165) is 32.5 Å². The Kier molecular flexibility index (Phi) is 5.71. The van der Waals surface area contributed by atoms with Crippen molar-refractivity contribution in [3.8, 4) is 5.75 Å². The summed E-state index contributed by atoms with van der Waals surface area (Å²) in [6.07, 6.45) is 1.92. The van der Waals surface area contributed by atoms with Crippen LogP contribution in [-0.2, 0) is 0 Å². The third-order valence-corrected chi connectivity index (χ3v) is 4.20. The van der Waals surface area contributed by atoms with E-state index in [9.17, 15) is 13.6 Å². The van der Waals surface area contributed by atoms with Crippen LogP contribution >= 0.6 is 0 Å². The fraction of sp³-hybridized carbons (Fsp3) is 0.562. The van der Waals surface area contributed by atoms with Crippen molar-refractivity contribution in [3.63, 3.8) is 0 Å². The summed E-state index contributed by atoms with van der Waals surface area (Å²) in [5.74, 6) is -0.0241. The van der Waals surface area contributed by atoms with E-state index in [1.807, 2.05) is 0 Å². The van der Waals surface area contributed by atoms with E-state index in [-0.39, 0.29) is 17.7 Å². The number of rotatable bonds is 5. The summed E-state index contributed by atoms with van der Waals surface area (Å²) in [5, 5.41) is 0. The molecule has 0 N–H and O–H groups in total. The number of alkyl halides is 2. The van der Waals surface area contributed by atoms with Crippen molar-refractivity contribution in [2.45, 2.75) is 32.4 Å². The first-order valence-electron chi connectivity index (χ1n) is 7.55. The molecule has 0 radical (unpaired) electrons. The molecule has 1 aromatic carbocycles. The van der Waals surface area contributed by atoms with Gasteiger partial charge < -0.3 is 14.5 Å². The van der Waals surface area contributed by atoms with Gasteiger partial charge in [0.2, 0.25) is 0 Å². The van der Waals surface area contributed by atoms with Crippen molar-refractivity contribution < 1.29 is 18.3 Å². The molecule has 22 heavy (non-hydrogen) atoms. The van der Waals surface area contributed by atoms with Gasteiger partial charge in [-0.3, -0.25) is 4.79 Å². The summed E-state index contributed by atoms with van der Waals surface area (Å²) in [5.41, 5.74) is 0.488. The second-order valence-corrected chi connectivity index (χ2v) is 5.48. The lowest BCUT2D eigenvalue weighted by Gasteiger charge is -2.36. The maximum Gasteiger partial charge on any atom is 0.387 e. The zero-order valence-electron chi connectivity index (χ0n) is 13.0. The van der Waals surface area contributed by atoms with Gasteiger partial charge in [0.1, 0.15) is 5.75 Å². The van der Waals surface area contributed by atoms with Gasteiger partial charge in [0, 0.05) is 31.7 Å². The number of likely N-dealkylation sites (tertiary alicyclic amines) is 1.